The van der Waals surface area contributed by atoms with Crippen LogP contribution in [0.5, 0.6) is 0 Å². The molecule has 3 heteroatoms. The van der Waals surface area contributed by atoms with E-state index in [4.69, 9.17) is 0 Å². The van der Waals surface area contributed by atoms with Gasteiger partial charge in [0.25, 0.3) is 0 Å². The first-order valence-electron chi connectivity index (χ1n) is 6.88. The van der Waals surface area contributed by atoms with Crippen molar-refractivity contribution in [3.05, 3.63) is 35.4 Å². The van der Waals surface area contributed by atoms with Gasteiger partial charge in [0.2, 0.25) is 0 Å². The summed E-state index contributed by atoms with van der Waals surface area (Å²) in [4.78, 5) is 2.42. The molecule has 1 saturated heterocycles. The van der Waals surface area contributed by atoms with Gasteiger partial charge >= 0.3 is 0 Å². The summed E-state index contributed by atoms with van der Waals surface area (Å²) in [5, 5.41) is 0. The summed E-state index contributed by atoms with van der Waals surface area (Å²) in [6.45, 7) is 4.01. The Balaban J connectivity index is 2.03. The third-order valence-corrected chi connectivity index (χ3v) is 3.74. The molecule has 0 radical (unpaired) electrons. The summed E-state index contributed by atoms with van der Waals surface area (Å²) in [6, 6.07) is 4.85. The maximum atomic E-state index is 13.2. The molecule has 0 spiro atoms. The molecule has 1 nitrogen and oxygen atoms in total. The number of piperidine rings is 1. The van der Waals surface area contributed by atoms with Crippen LogP contribution in [-0.2, 0) is 6.54 Å². The van der Waals surface area contributed by atoms with Gasteiger partial charge in [-0.05, 0) is 43.5 Å². The first-order valence-corrected chi connectivity index (χ1v) is 6.88. The molecule has 1 aliphatic heterocycles. The van der Waals surface area contributed by atoms with Gasteiger partial charge in [-0.2, -0.15) is 0 Å². The second kappa shape index (κ2) is 6.28. The number of nitrogens with zero attached hydrogens (tertiary/aromatic N) is 1. The van der Waals surface area contributed by atoms with Crippen molar-refractivity contribution >= 4 is 0 Å². The lowest BCUT2D eigenvalue weighted by Crippen LogP contribution is -2.38. The van der Waals surface area contributed by atoms with Crippen LogP contribution in [0.3, 0.4) is 0 Å². The van der Waals surface area contributed by atoms with Crippen LogP contribution in [0.2, 0.25) is 0 Å². The van der Waals surface area contributed by atoms with E-state index >= 15 is 0 Å². The van der Waals surface area contributed by atoms with Gasteiger partial charge in [-0.3, -0.25) is 4.90 Å². The van der Waals surface area contributed by atoms with E-state index in [0.717, 1.165) is 18.7 Å². The number of hydrogen-bond donors (Lipinski definition) is 0. The third kappa shape index (κ3) is 3.29. The third-order valence-electron chi connectivity index (χ3n) is 3.74. The van der Waals surface area contributed by atoms with Crippen molar-refractivity contribution < 1.29 is 8.78 Å². The topological polar surface area (TPSA) is 3.24 Å². The van der Waals surface area contributed by atoms with Crippen molar-refractivity contribution in [2.75, 3.05) is 6.54 Å². The molecule has 18 heavy (non-hydrogen) atoms. The fraction of sp³-hybridized carbons (Fsp3) is 0.600. The zero-order valence-electron chi connectivity index (χ0n) is 11.0. The van der Waals surface area contributed by atoms with Crippen molar-refractivity contribution in [1.29, 1.82) is 0 Å². The van der Waals surface area contributed by atoms with Crippen LogP contribution in [0.1, 0.15) is 44.6 Å². The Hall–Kier alpha value is -0.960. The van der Waals surface area contributed by atoms with Crippen LogP contribution in [0.25, 0.3) is 0 Å². The molecule has 1 aromatic rings. The fourth-order valence-corrected chi connectivity index (χ4v) is 2.80. The van der Waals surface area contributed by atoms with Gasteiger partial charge in [0.05, 0.1) is 0 Å². The number of benzene rings is 1. The standard InChI is InChI=1S/C15H21F2N/c1-2-5-13-6-3-4-9-18(13)11-12-7-8-14(16)15(17)10-12/h7-8,10,13H,2-6,9,11H2,1H3. The predicted octanol–water partition coefficient (Wildman–Crippen LogP) is 4.12. The minimum Gasteiger partial charge on any atom is -0.296 e. The van der Waals surface area contributed by atoms with E-state index in [-0.39, 0.29) is 0 Å². The quantitative estimate of drug-likeness (QED) is 0.780. The van der Waals surface area contributed by atoms with E-state index in [0.29, 0.717) is 6.04 Å². The van der Waals surface area contributed by atoms with Gasteiger partial charge in [-0.1, -0.05) is 25.8 Å². The lowest BCUT2D eigenvalue weighted by Gasteiger charge is -2.35. The molecule has 1 atom stereocenters. The van der Waals surface area contributed by atoms with E-state index in [9.17, 15) is 8.78 Å². The Kier molecular flexibility index (Phi) is 4.70. The summed E-state index contributed by atoms with van der Waals surface area (Å²) in [7, 11) is 0. The van der Waals surface area contributed by atoms with Gasteiger partial charge in [-0.25, -0.2) is 8.78 Å². The maximum Gasteiger partial charge on any atom is 0.159 e. The molecule has 1 aliphatic rings. The van der Waals surface area contributed by atoms with Crippen molar-refractivity contribution in [3.63, 3.8) is 0 Å². The molecule has 0 amide bonds. The average molecular weight is 253 g/mol. The van der Waals surface area contributed by atoms with Gasteiger partial charge in [-0.15, -0.1) is 0 Å². The van der Waals surface area contributed by atoms with Gasteiger partial charge < -0.3 is 0 Å². The molecule has 1 fully saturated rings. The van der Waals surface area contributed by atoms with E-state index < -0.39 is 11.6 Å². The van der Waals surface area contributed by atoms with Gasteiger partial charge in [0.15, 0.2) is 11.6 Å². The minimum absolute atomic E-state index is 0.608. The molecule has 100 valence electrons. The largest absolute Gasteiger partial charge is 0.296 e. The molecule has 0 saturated carbocycles. The Morgan fingerprint density at radius 2 is 2.06 bits per heavy atom. The highest BCUT2D eigenvalue weighted by molar-refractivity contribution is 5.17. The van der Waals surface area contributed by atoms with Crippen LogP contribution in [0, 0.1) is 11.6 Å². The molecule has 2 rings (SSSR count). The number of halogens is 2. The van der Waals surface area contributed by atoms with Crippen molar-refractivity contribution in [1.82, 2.24) is 4.90 Å². The summed E-state index contributed by atoms with van der Waals surface area (Å²) in [6.07, 6.45) is 6.11. The molecule has 1 heterocycles. The second-order valence-electron chi connectivity index (χ2n) is 5.16. The lowest BCUT2D eigenvalue weighted by atomic mass is 9.97. The molecule has 0 N–H and O–H groups in total. The summed E-state index contributed by atoms with van der Waals surface area (Å²) < 4.78 is 26.1. The molecule has 0 aromatic heterocycles. The van der Waals surface area contributed by atoms with E-state index in [1.807, 2.05) is 0 Å². The van der Waals surface area contributed by atoms with Crippen LogP contribution >= 0.6 is 0 Å². The zero-order valence-corrected chi connectivity index (χ0v) is 11.0. The molecule has 1 aromatic carbocycles. The first kappa shape index (κ1) is 13.5. The molecular formula is C15H21F2N. The maximum absolute atomic E-state index is 13.2. The van der Waals surface area contributed by atoms with E-state index in [2.05, 4.69) is 11.8 Å². The Morgan fingerprint density at radius 1 is 1.22 bits per heavy atom. The predicted molar refractivity (Wildman–Crippen MR) is 69.3 cm³/mol. The van der Waals surface area contributed by atoms with Crippen LogP contribution in [0.4, 0.5) is 8.78 Å². The Bertz CT molecular complexity index is 390. The Labute approximate surface area is 108 Å². The van der Waals surface area contributed by atoms with Crippen LogP contribution < -0.4 is 0 Å². The number of rotatable bonds is 4. The van der Waals surface area contributed by atoms with Crippen LogP contribution in [-0.4, -0.2) is 17.5 Å². The monoisotopic (exact) mass is 253 g/mol. The summed E-state index contributed by atoms with van der Waals surface area (Å²) in [5.41, 5.74) is 0.872. The van der Waals surface area contributed by atoms with Gasteiger partial charge in [0, 0.05) is 12.6 Å². The summed E-state index contributed by atoms with van der Waals surface area (Å²) >= 11 is 0. The highest BCUT2D eigenvalue weighted by Gasteiger charge is 2.21. The SMILES string of the molecule is CCCC1CCCCN1Cc1ccc(F)c(F)c1. The fourth-order valence-electron chi connectivity index (χ4n) is 2.80. The molecule has 0 bridgehead atoms. The van der Waals surface area contributed by atoms with Crippen molar-refractivity contribution in [2.24, 2.45) is 0 Å². The lowest BCUT2D eigenvalue weighted by molar-refractivity contribution is 0.131. The highest BCUT2D eigenvalue weighted by Crippen LogP contribution is 2.23. The summed E-state index contributed by atoms with van der Waals surface area (Å²) in [5.74, 6) is -1.50. The first-order chi connectivity index (χ1) is 8.70. The Morgan fingerprint density at radius 3 is 2.78 bits per heavy atom. The zero-order chi connectivity index (χ0) is 13.0. The van der Waals surface area contributed by atoms with E-state index in [1.165, 1.54) is 44.2 Å². The molecular weight excluding hydrogens is 232 g/mol. The van der Waals surface area contributed by atoms with E-state index in [1.54, 1.807) is 6.07 Å². The normalized spacial score (nSPS) is 21.2. The average Bonchev–Trinajstić information content (AvgIpc) is 2.37. The highest BCUT2D eigenvalue weighted by atomic mass is 19.2. The van der Waals surface area contributed by atoms with Crippen LogP contribution in [0.15, 0.2) is 18.2 Å². The second-order valence-corrected chi connectivity index (χ2v) is 5.16. The minimum atomic E-state index is -0.762. The van der Waals surface area contributed by atoms with Crippen molar-refractivity contribution in [3.8, 4) is 0 Å². The molecule has 1 unspecified atom stereocenters. The molecule has 0 aliphatic carbocycles. The smallest absolute Gasteiger partial charge is 0.159 e. The van der Waals surface area contributed by atoms with Crippen molar-refractivity contribution in [2.45, 2.75) is 51.6 Å². The van der Waals surface area contributed by atoms with Gasteiger partial charge in [0.1, 0.15) is 0 Å². The number of hydrogen-bond acceptors (Lipinski definition) is 1. The number of likely N-dealkylation sites (tertiary alicyclic amines) is 1.